The smallest absolute Gasteiger partial charge is 0.416 e. The van der Waals surface area contributed by atoms with Crippen LogP contribution in [0.25, 0.3) is 0 Å². The molecule has 1 aromatic heterocycles. The largest absolute Gasteiger partial charge is 0.450 e. The molecule has 1 fully saturated rings. The van der Waals surface area contributed by atoms with Crippen LogP contribution in [0.3, 0.4) is 0 Å². The number of likely N-dealkylation sites (tertiary alicyclic amines) is 1. The summed E-state index contributed by atoms with van der Waals surface area (Å²) >= 11 is 0. The third kappa shape index (κ3) is 4.84. The van der Waals surface area contributed by atoms with Crippen molar-refractivity contribution >= 4 is 6.09 Å². The molecular formula is C23H24F3N5O2. The first-order valence-corrected chi connectivity index (χ1v) is 10.7. The Kier molecular flexibility index (Phi) is 6.35. The highest BCUT2D eigenvalue weighted by molar-refractivity contribution is 5.67. The molecule has 1 aliphatic heterocycles. The SMILES string of the molecule is CCOC(=O)N1CCC(c2ccccc2)(c2nnn(Cc3cccc(C(F)(F)F)c3)n2)CC1. The molecule has 7 nitrogen and oxygen atoms in total. The number of tetrazole rings is 1. The standard InChI is InChI=1S/C23H24F3N5O2/c1-2-33-21(32)30-13-11-22(12-14-30,18-8-4-3-5-9-18)20-27-29-31(28-20)16-17-7-6-10-19(15-17)23(24,25)26/h3-10,15H,2,11-14,16H2,1H3. The molecule has 0 unspecified atom stereocenters. The summed E-state index contributed by atoms with van der Waals surface area (Å²) < 4.78 is 44.2. The number of alkyl halides is 3. The van der Waals surface area contributed by atoms with E-state index in [1.807, 2.05) is 30.3 Å². The van der Waals surface area contributed by atoms with E-state index in [4.69, 9.17) is 4.74 Å². The van der Waals surface area contributed by atoms with E-state index in [1.54, 1.807) is 17.9 Å². The van der Waals surface area contributed by atoms with Crippen LogP contribution in [0.15, 0.2) is 54.6 Å². The number of nitrogens with zero attached hydrogens (tertiary/aromatic N) is 5. The first-order chi connectivity index (χ1) is 15.8. The van der Waals surface area contributed by atoms with Crippen molar-refractivity contribution in [3.05, 3.63) is 77.1 Å². The lowest BCUT2D eigenvalue weighted by atomic mass is 9.72. The summed E-state index contributed by atoms with van der Waals surface area (Å²) in [5.74, 6) is 0.490. The van der Waals surface area contributed by atoms with Gasteiger partial charge in [0.1, 0.15) is 0 Å². The van der Waals surface area contributed by atoms with Gasteiger partial charge in [-0.1, -0.05) is 42.5 Å². The third-order valence-corrected chi connectivity index (χ3v) is 5.93. The zero-order chi connectivity index (χ0) is 23.5. The molecule has 1 amide bonds. The minimum atomic E-state index is -4.42. The molecule has 0 radical (unpaired) electrons. The summed E-state index contributed by atoms with van der Waals surface area (Å²) in [4.78, 5) is 15.1. The topological polar surface area (TPSA) is 73.1 Å². The van der Waals surface area contributed by atoms with Crippen LogP contribution in [0.1, 0.15) is 42.3 Å². The van der Waals surface area contributed by atoms with Gasteiger partial charge in [0.05, 0.1) is 24.1 Å². The minimum Gasteiger partial charge on any atom is -0.450 e. The summed E-state index contributed by atoms with van der Waals surface area (Å²) in [6.45, 7) is 3.08. The Labute approximate surface area is 189 Å². The molecular weight excluding hydrogens is 435 g/mol. The average Bonchev–Trinajstić information content (AvgIpc) is 3.28. The molecule has 0 spiro atoms. The van der Waals surface area contributed by atoms with Gasteiger partial charge in [0.15, 0.2) is 5.82 Å². The summed E-state index contributed by atoms with van der Waals surface area (Å²) in [6, 6.07) is 14.9. The van der Waals surface area contributed by atoms with Gasteiger partial charge in [-0.3, -0.25) is 0 Å². The summed E-state index contributed by atoms with van der Waals surface area (Å²) in [5.41, 5.74) is 0.162. The number of ether oxygens (including phenoxy) is 1. The van der Waals surface area contributed by atoms with Crippen LogP contribution in [0.5, 0.6) is 0 Å². The Morgan fingerprint density at radius 3 is 2.48 bits per heavy atom. The van der Waals surface area contributed by atoms with E-state index in [-0.39, 0.29) is 12.6 Å². The zero-order valence-corrected chi connectivity index (χ0v) is 18.1. The normalized spacial score (nSPS) is 15.9. The maximum Gasteiger partial charge on any atom is 0.416 e. The molecule has 2 aromatic carbocycles. The molecule has 0 bridgehead atoms. The first-order valence-electron chi connectivity index (χ1n) is 10.7. The molecule has 0 saturated carbocycles. The van der Waals surface area contributed by atoms with Gasteiger partial charge >= 0.3 is 12.3 Å². The fourth-order valence-electron chi connectivity index (χ4n) is 4.20. The number of rotatable bonds is 5. The second-order valence-electron chi connectivity index (χ2n) is 7.98. The van der Waals surface area contributed by atoms with Crippen molar-refractivity contribution in [1.29, 1.82) is 0 Å². The van der Waals surface area contributed by atoms with Crippen molar-refractivity contribution in [2.45, 2.75) is 37.9 Å². The van der Waals surface area contributed by atoms with Gasteiger partial charge in [0, 0.05) is 13.1 Å². The van der Waals surface area contributed by atoms with Crippen LogP contribution in [-0.4, -0.2) is 50.9 Å². The minimum absolute atomic E-state index is 0.0662. The van der Waals surface area contributed by atoms with Crippen LogP contribution in [0, 0.1) is 0 Å². The maximum atomic E-state index is 13.0. The van der Waals surface area contributed by atoms with Crippen LogP contribution >= 0.6 is 0 Å². The molecule has 174 valence electrons. The molecule has 0 aliphatic carbocycles. The lowest BCUT2D eigenvalue weighted by molar-refractivity contribution is -0.137. The van der Waals surface area contributed by atoms with E-state index in [1.165, 1.54) is 10.9 Å². The number of piperidine rings is 1. The van der Waals surface area contributed by atoms with Gasteiger partial charge in [0.25, 0.3) is 0 Å². The molecule has 10 heteroatoms. The van der Waals surface area contributed by atoms with Crippen molar-refractivity contribution in [3.63, 3.8) is 0 Å². The van der Waals surface area contributed by atoms with Crippen LogP contribution in [0.2, 0.25) is 0 Å². The van der Waals surface area contributed by atoms with Gasteiger partial charge in [-0.05, 0) is 48.2 Å². The molecule has 3 aromatic rings. The summed E-state index contributed by atoms with van der Waals surface area (Å²) in [6.07, 6.45) is -3.61. The number of halogens is 3. The number of carbonyl (C=O) groups excluding carboxylic acids is 1. The average molecular weight is 459 g/mol. The Balaban J connectivity index is 1.60. The highest BCUT2D eigenvalue weighted by Gasteiger charge is 2.43. The molecule has 0 atom stereocenters. The number of hydrogen-bond donors (Lipinski definition) is 0. The van der Waals surface area contributed by atoms with Gasteiger partial charge < -0.3 is 9.64 Å². The monoisotopic (exact) mass is 459 g/mol. The van der Waals surface area contributed by atoms with Gasteiger partial charge in [-0.15, -0.1) is 10.2 Å². The molecule has 33 heavy (non-hydrogen) atoms. The van der Waals surface area contributed by atoms with Gasteiger partial charge in [-0.25, -0.2) is 4.79 Å². The van der Waals surface area contributed by atoms with E-state index < -0.39 is 17.2 Å². The lowest BCUT2D eigenvalue weighted by Crippen LogP contribution is -2.46. The second-order valence-corrected chi connectivity index (χ2v) is 7.98. The zero-order valence-electron chi connectivity index (χ0n) is 18.1. The highest BCUT2D eigenvalue weighted by Crippen LogP contribution is 2.40. The second kappa shape index (κ2) is 9.21. The Hall–Kier alpha value is -3.43. The van der Waals surface area contributed by atoms with Crippen molar-refractivity contribution in [2.75, 3.05) is 19.7 Å². The van der Waals surface area contributed by atoms with E-state index in [9.17, 15) is 18.0 Å². The molecule has 1 saturated heterocycles. The fourth-order valence-corrected chi connectivity index (χ4v) is 4.20. The quantitative estimate of drug-likeness (QED) is 0.570. The molecule has 4 rings (SSSR count). The van der Waals surface area contributed by atoms with E-state index in [2.05, 4.69) is 15.4 Å². The lowest BCUT2D eigenvalue weighted by Gasteiger charge is -2.39. The first kappa shape index (κ1) is 22.8. The maximum absolute atomic E-state index is 13.0. The number of benzene rings is 2. The summed E-state index contributed by atoms with van der Waals surface area (Å²) in [7, 11) is 0. The van der Waals surface area contributed by atoms with Gasteiger partial charge in [0.2, 0.25) is 0 Å². The van der Waals surface area contributed by atoms with Crippen molar-refractivity contribution in [3.8, 4) is 0 Å². The van der Waals surface area contributed by atoms with Crippen LogP contribution in [-0.2, 0) is 22.9 Å². The molecule has 0 N–H and O–H groups in total. The highest BCUT2D eigenvalue weighted by atomic mass is 19.4. The Bertz CT molecular complexity index is 1090. The predicted octanol–water partition coefficient (Wildman–Crippen LogP) is 4.28. The van der Waals surface area contributed by atoms with Crippen molar-refractivity contribution in [1.82, 2.24) is 25.1 Å². The number of hydrogen-bond acceptors (Lipinski definition) is 5. The van der Waals surface area contributed by atoms with Crippen LogP contribution < -0.4 is 0 Å². The van der Waals surface area contributed by atoms with Crippen molar-refractivity contribution in [2.24, 2.45) is 0 Å². The summed E-state index contributed by atoms with van der Waals surface area (Å²) in [5, 5.41) is 13.0. The predicted molar refractivity (Wildman–Crippen MR) is 113 cm³/mol. The fraction of sp³-hybridized carbons (Fsp3) is 0.391. The molecule has 2 heterocycles. The Morgan fingerprint density at radius 2 is 1.82 bits per heavy atom. The van der Waals surface area contributed by atoms with E-state index in [0.29, 0.717) is 43.9 Å². The number of carbonyl (C=O) groups is 1. The molecule has 1 aliphatic rings. The van der Waals surface area contributed by atoms with Crippen molar-refractivity contribution < 1.29 is 22.7 Å². The van der Waals surface area contributed by atoms with Crippen LogP contribution in [0.4, 0.5) is 18.0 Å². The number of amides is 1. The third-order valence-electron chi connectivity index (χ3n) is 5.93. The van der Waals surface area contributed by atoms with Gasteiger partial charge in [-0.2, -0.15) is 18.0 Å². The number of aromatic nitrogens is 4. The van der Waals surface area contributed by atoms with E-state index in [0.717, 1.165) is 17.7 Å². The van der Waals surface area contributed by atoms with E-state index >= 15 is 0 Å². The Morgan fingerprint density at radius 1 is 1.09 bits per heavy atom.